The molecule has 2 heterocycles. The Morgan fingerprint density at radius 1 is 1.20 bits per heavy atom. The number of carbonyl (C=O) groups is 1. The molecular weight excluding hydrogens is 320 g/mol. The van der Waals surface area contributed by atoms with Crippen molar-refractivity contribution in [3.8, 4) is 5.75 Å². The molecule has 0 saturated carbocycles. The molecule has 3 rings (SSSR count). The molecule has 1 N–H and O–H groups in total. The average Bonchev–Trinajstić information content (AvgIpc) is 2.64. The second-order valence-electron chi connectivity index (χ2n) is 6.75. The molecule has 0 bridgehead atoms. The Kier molecular flexibility index (Phi) is 6.67. The number of para-hydroxylation sites is 1. The summed E-state index contributed by atoms with van der Waals surface area (Å²) >= 11 is 0. The Labute approximate surface area is 149 Å². The normalized spacial score (nSPS) is 22.6. The zero-order valence-electron chi connectivity index (χ0n) is 14.7. The largest absolute Gasteiger partial charge is 0.491 e. The minimum absolute atomic E-state index is 0.228. The second kappa shape index (κ2) is 9.17. The van der Waals surface area contributed by atoms with Crippen molar-refractivity contribution in [3.05, 3.63) is 29.8 Å². The van der Waals surface area contributed by atoms with Crippen molar-refractivity contribution in [3.63, 3.8) is 0 Å². The third kappa shape index (κ3) is 5.17. The number of carboxylic acids is 1. The number of likely N-dealkylation sites (tertiary alicyclic amines) is 1. The lowest BCUT2D eigenvalue weighted by Gasteiger charge is -2.39. The lowest BCUT2D eigenvalue weighted by Crippen LogP contribution is -2.50. The summed E-state index contributed by atoms with van der Waals surface area (Å²) in [5, 5.41) is 9.23. The van der Waals surface area contributed by atoms with E-state index in [2.05, 4.69) is 9.80 Å². The van der Waals surface area contributed by atoms with Crippen molar-refractivity contribution in [2.45, 2.75) is 25.3 Å². The molecule has 0 radical (unpaired) electrons. The van der Waals surface area contributed by atoms with Crippen LogP contribution in [0.2, 0.25) is 0 Å². The Morgan fingerprint density at radius 3 is 2.80 bits per heavy atom. The van der Waals surface area contributed by atoms with Crippen LogP contribution in [0.1, 0.15) is 29.6 Å². The monoisotopic (exact) mass is 348 g/mol. The highest BCUT2D eigenvalue weighted by molar-refractivity contribution is 5.90. The van der Waals surface area contributed by atoms with E-state index in [9.17, 15) is 9.90 Å². The minimum Gasteiger partial charge on any atom is -0.491 e. The summed E-state index contributed by atoms with van der Waals surface area (Å²) in [5.41, 5.74) is 0.228. The molecule has 0 aliphatic carbocycles. The fourth-order valence-electron chi connectivity index (χ4n) is 3.68. The molecule has 2 fully saturated rings. The van der Waals surface area contributed by atoms with Crippen molar-refractivity contribution >= 4 is 5.97 Å². The molecule has 0 amide bonds. The van der Waals surface area contributed by atoms with Gasteiger partial charge in [-0.3, -0.25) is 9.80 Å². The predicted molar refractivity (Wildman–Crippen MR) is 95.4 cm³/mol. The molecule has 25 heavy (non-hydrogen) atoms. The Balaban J connectivity index is 1.51. The quantitative estimate of drug-likeness (QED) is 0.813. The number of hydrogen-bond acceptors (Lipinski definition) is 5. The summed E-state index contributed by atoms with van der Waals surface area (Å²) in [6.07, 6.45) is 3.74. The lowest BCUT2D eigenvalue weighted by atomic mass is 10.0. The van der Waals surface area contributed by atoms with Crippen LogP contribution in [-0.4, -0.2) is 79.5 Å². The van der Waals surface area contributed by atoms with Crippen molar-refractivity contribution in [1.82, 2.24) is 9.80 Å². The number of hydrogen-bond donors (Lipinski definition) is 1. The van der Waals surface area contributed by atoms with Gasteiger partial charge in [0.2, 0.25) is 0 Å². The molecule has 6 heteroatoms. The molecule has 1 aromatic rings. The Bertz CT molecular complexity index is 560. The van der Waals surface area contributed by atoms with E-state index in [-0.39, 0.29) is 5.56 Å². The van der Waals surface area contributed by atoms with Crippen LogP contribution >= 0.6 is 0 Å². The minimum atomic E-state index is -0.946. The zero-order valence-corrected chi connectivity index (χ0v) is 14.7. The van der Waals surface area contributed by atoms with E-state index in [0.717, 1.165) is 45.9 Å². The maximum Gasteiger partial charge on any atom is 0.339 e. The fraction of sp³-hybridized carbons (Fsp3) is 0.632. The van der Waals surface area contributed by atoms with Gasteiger partial charge in [-0.15, -0.1) is 0 Å². The van der Waals surface area contributed by atoms with Gasteiger partial charge in [-0.2, -0.15) is 0 Å². The van der Waals surface area contributed by atoms with Gasteiger partial charge in [-0.25, -0.2) is 4.79 Å². The van der Waals surface area contributed by atoms with E-state index in [1.165, 1.54) is 19.3 Å². The molecule has 2 aliphatic heterocycles. The number of ether oxygens (including phenoxy) is 2. The number of benzene rings is 1. The van der Waals surface area contributed by atoms with E-state index in [1.807, 2.05) is 6.07 Å². The number of carboxylic acid groups (broad SMARTS) is 1. The van der Waals surface area contributed by atoms with Crippen molar-refractivity contribution in [2.75, 3.05) is 52.5 Å². The number of nitrogens with zero attached hydrogens (tertiary/aromatic N) is 2. The molecule has 138 valence electrons. The smallest absolute Gasteiger partial charge is 0.339 e. The molecular formula is C19H28N2O4. The molecule has 6 nitrogen and oxygen atoms in total. The number of morpholine rings is 1. The van der Waals surface area contributed by atoms with Crippen molar-refractivity contribution in [1.29, 1.82) is 0 Å². The first-order valence-electron chi connectivity index (χ1n) is 9.23. The highest BCUT2D eigenvalue weighted by atomic mass is 16.5. The summed E-state index contributed by atoms with van der Waals surface area (Å²) in [6, 6.07) is 7.40. The van der Waals surface area contributed by atoms with Crippen LogP contribution in [0.25, 0.3) is 0 Å². The third-order valence-corrected chi connectivity index (χ3v) is 5.08. The topological polar surface area (TPSA) is 62.2 Å². The summed E-state index contributed by atoms with van der Waals surface area (Å²) < 4.78 is 11.2. The van der Waals surface area contributed by atoms with Crippen LogP contribution in [0.15, 0.2) is 24.3 Å². The van der Waals surface area contributed by atoms with Crippen LogP contribution < -0.4 is 4.74 Å². The number of rotatable bonds is 7. The SMILES string of the molecule is O=C(O)c1ccccc1OCCN1CCCCC1CN1CCOCC1. The van der Waals surface area contributed by atoms with Crippen LogP contribution in [0.3, 0.4) is 0 Å². The molecule has 2 saturated heterocycles. The first-order valence-corrected chi connectivity index (χ1v) is 9.23. The zero-order chi connectivity index (χ0) is 17.5. The van der Waals surface area contributed by atoms with Gasteiger partial charge < -0.3 is 14.6 Å². The maximum atomic E-state index is 11.3. The Morgan fingerprint density at radius 2 is 2.00 bits per heavy atom. The standard InChI is InChI=1S/C19H28N2O4/c22-19(23)17-6-1-2-7-18(17)25-14-11-21-8-4-3-5-16(21)15-20-9-12-24-13-10-20/h1-2,6-7,16H,3-5,8-15H2,(H,22,23). The Hall–Kier alpha value is -1.63. The first-order chi connectivity index (χ1) is 12.2. The van der Waals surface area contributed by atoms with Gasteiger partial charge in [-0.05, 0) is 31.5 Å². The molecule has 1 atom stereocenters. The van der Waals surface area contributed by atoms with E-state index >= 15 is 0 Å². The van der Waals surface area contributed by atoms with Gasteiger partial charge in [-0.1, -0.05) is 18.6 Å². The fourth-order valence-corrected chi connectivity index (χ4v) is 3.68. The van der Waals surface area contributed by atoms with Gasteiger partial charge in [0.15, 0.2) is 0 Å². The molecule has 1 aromatic carbocycles. The van der Waals surface area contributed by atoms with Gasteiger partial charge in [0, 0.05) is 32.2 Å². The highest BCUT2D eigenvalue weighted by Gasteiger charge is 2.25. The average molecular weight is 348 g/mol. The van der Waals surface area contributed by atoms with Crippen LogP contribution in [0.4, 0.5) is 0 Å². The van der Waals surface area contributed by atoms with Gasteiger partial charge in [0.05, 0.1) is 13.2 Å². The molecule has 0 aromatic heterocycles. The van der Waals surface area contributed by atoms with E-state index in [4.69, 9.17) is 9.47 Å². The van der Waals surface area contributed by atoms with Gasteiger partial charge >= 0.3 is 5.97 Å². The molecule has 0 spiro atoms. The van der Waals surface area contributed by atoms with Gasteiger partial charge in [0.25, 0.3) is 0 Å². The summed E-state index contributed by atoms with van der Waals surface area (Å²) in [6.45, 7) is 7.25. The van der Waals surface area contributed by atoms with Crippen molar-refractivity contribution in [2.24, 2.45) is 0 Å². The highest BCUT2D eigenvalue weighted by Crippen LogP contribution is 2.20. The summed E-state index contributed by atoms with van der Waals surface area (Å²) in [4.78, 5) is 16.2. The molecule has 2 aliphatic rings. The second-order valence-corrected chi connectivity index (χ2v) is 6.75. The van der Waals surface area contributed by atoms with Gasteiger partial charge in [0.1, 0.15) is 17.9 Å². The van der Waals surface area contributed by atoms with E-state index in [1.54, 1.807) is 18.2 Å². The summed E-state index contributed by atoms with van der Waals surface area (Å²) in [7, 11) is 0. The maximum absolute atomic E-state index is 11.3. The number of aromatic carboxylic acids is 1. The summed E-state index contributed by atoms with van der Waals surface area (Å²) in [5.74, 6) is -0.490. The van der Waals surface area contributed by atoms with Crippen LogP contribution in [0, 0.1) is 0 Å². The van der Waals surface area contributed by atoms with Crippen molar-refractivity contribution < 1.29 is 19.4 Å². The van der Waals surface area contributed by atoms with Crippen LogP contribution in [-0.2, 0) is 4.74 Å². The van der Waals surface area contributed by atoms with Crippen LogP contribution in [0.5, 0.6) is 5.75 Å². The first kappa shape index (κ1) is 18.2. The number of piperidine rings is 1. The predicted octanol–water partition coefficient (Wildman–Crippen LogP) is 1.95. The lowest BCUT2D eigenvalue weighted by molar-refractivity contribution is 0.0147. The third-order valence-electron chi connectivity index (χ3n) is 5.08. The van der Waals surface area contributed by atoms with E-state index in [0.29, 0.717) is 18.4 Å². The molecule has 1 unspecified atom stereocenters. The van der Waals surface area contributed by atoms with E-state index < -0.39 is 5.97 Å².